The summed E-state index contributed by atoms with van der Waals surface area (Å²) in [6, 6.07) is 7.37. The van der Waals surface area contributed by atoms with E-state index in [1.165, 1.54) is 19.4 Å². The summed E-state index contributed by atoms with van der Waals surface area (Å²) in [6.07, 6.45) is 3.72. The minimum Gasteiger partial charge on any atom is -0.480 e. The van der Waals surface area contributed by atoms with Crippen molar-refractivity contribution in [3.8, 4) is 5.88 Å². The molecule has 1 fully saturated rings. The van der Waals surface area contributed by atoms with Crippen LogP contribution >= 0.6 is 11.3 Å². The number of likely N-dealkylation sites (tertiary alicyclic amines) is 1. The van der Waals surface area contributed by atoms with Crippen molar-refractivity contribution in [2.45, 2.75) is 32.2 Å². The number of nitrogens with zero attached hydrogens (tertiary/aromatic N) is 3. The number of rotatable bonds is 6. The van der Waals surface area contributed by atoms with Crippen LogP contribution < -0.4 is 21.1 Å². The van der Waals surface area contributed by atoms with Crippen LogP contribution in [0.2, 0.25) is 0 Å². The molecule has 0 spiro atoms. The molecule has 10 nitrogen and oxygen atoms in total. The lowest BCUT2D eigenvalue weighted by molar-refractivity contribution is -0.146. The molecule has 0 radical (unpaired) electrons. The summed E-state index contributed by atoms with van der Waals surface area (Å²) in [7, 11) is 3.20. The maximum absolute atomic E-state index is 13.2. The third-order valence-corrected chi connectivity index (χ3v) is 7.16. The van der Waals surface area contributed by atoms with E-state index in [-0.39, 0.29) is 29.1 Å². The first kappa shape index (κ1) is 24.4. The Hall–Kier alpha value is -3.73. The number of anilines is 2. The highest BCUT2D eigenvalue weighted by Gasteiger charge is 2.33. The van der Waals surface area contributed by atoms with Gasteiger partial charge in [-0.25, -0.2) is 9.97 Å². The molecule has 0 bridgehead atoms. The zero-order valence-electron chi connectivity index (χ0n) is 19.8. The van der Waals surface area contributed by atoms with Crippen LogP contribution in [0.4, 0.5) is 10.8 Å². The SMILES string of the molecule is CNc1nc2cc(CC3CC[C@H](C)CN3C(=O)C(=O)Nc3cnc(OC)c(C(N)=O)c3)ccc2s1. The third-order valence-electron chi connectivity index (χ3n) is 6.10. The number of carbonyl (C=O) groups excluding carboxylic acids is 3. The number of hydrogen-bond donors (Lipinski definition) is 3. The van der Waals surface area contributed by atoms with E-state index in [0.717, 1.165) is 33.8 Å². The van der Waals surface area contributed by atoms with Gasteiger partial charge >= 0.3 is 11.8 Å². The van der Waals surface area contributed by atoms with Crippen molar-refractivity contribution in [1.29, 1.82) is 0 Å². The number of amides is 3. The van der Waals surface area contributed by atoms with Gasteiger partial charge in [-0.2, -0.15) is 0 Å². The van der Waals surface area contributed by atoms with E-state index in [1.807, 2.05) is 19.2 Å². The molecule has 1 saturated heterocycles. The van der Waals surface area contributed by atoms with Gasteiger partial charge in [0.05, 0.1) is 29.2 Å². The Labute approximate surface area is 206 Å². The number of primary amides is 1. The van der Waals surface area contributed by atoms with Crippen LogP contribution in [0.15, 0.2) is 30.5 Å². The maximum atomic E-state index is 13.2. The number of fused-ring (bicyclic) bond motifs is 1. The first-order chi connectivity index (χ1) is 16.8. The number of piperidine rings is 1. The standard InChI is InChI=1S/C24H28N6O4S/c1-13-4-6-16(8-14-5-7-19-18(9-14)29-24(26-2)35-19)30(12-13)23(33)21(32)28-15-10-17(20(25)31)22(34-3)27-11-15/h5,7,9-11,13,16H,4,6,8,12H2,1-3H3,(H2,25,31)(H,26,29)(H,28,32)/t13-,16?/m0/s1. The number of ether oxygens (including phenoxy) is 1. The lowest BCUT2D eigenvalue weighted by Crippen LogP contribution is -2.51. The van der Waals surface area contributed by atoms with Crippen molar-refractivity contribution >= 4 is 50.1 Å². The molecule has 11 heteroatoms. The first-order valence-electron chi connectivity index (χ1n) is 11.3. The molecule has 35 heavy (non-hydrogen) atoms. The van der Waals surface area contributed by atoms with E-state index in [1.54, 1.807) is 16.2 Å². The van der Waals surface area contributed by atoms with Crippen molar-refractivity contribution < 1.29 is 19.1 Å². The average Bonchev–Trinajstić information content (AvgIpc) is 3.27. The number of nitrogens with one attached hydrogen (secondary N) is 2. The van der Waals surface area contributed by atoms with Gasteiger partial charge in [0.15, 0.2) is 5.13 Å². The van der Waals surface area contributed by atoms with Gasteiger partial charge in [0, 0.05) is 19.6 Å². The summed E-state index contributed by atoms with van der Waals surface area (Å²) < 4.78 is 6.11. The predicted molar refractivity (Wildman–Crippen MR) is 135 cm³/mol. The molecule has 4 N–H and O–H groups in total. The minimum atomic E-state index is -0.792. The van der Waals surface area contributed by atoms with E-state index >= 15 is 0 Å². The lowest BCUT2D eigenvalue weighted by Gasteiger charge is -2.38. The van der Waals surface area contributed by atoms with E-state index in [2.05, 4.69) is 33.6 Å². The number of methoxy groups -OCH3 is 1. The summed E-state index contributed by atoms with van der Waals surface area (Å²) in [6.45, 7) is 2.56. The fraction of sp³-hybridized carbons (Fsp3) is 0.375. The molecule has 3 amide bonds. The lowest BCUT2D eigenvalue weighted by atomic mass is 9.90. The Morgan fingerprint density at radius 1 is 1.26 bits per heavy atom. The number of hydrogen-bond acceptors (Lipinski definition) is 8. The van der Waals surface area contributed by atoms with E-state index < -0.39 is 17.7 Å². The summed E-state index contributed by atoms with van der Waals surface area (Å²) in [4.78, 5) is 47.9. The molecule has 1 aliphatic rings. The van der Waals surface area contributed by atoms with Crippen LogP contribution in [-0.4, -0.2) is 59.3 Å². The predicted octanol–water partition coefficient (Wildman–Crippen LogP) is 2.65. The van der Waals surface area contributed by atoms with Crippen molar-refractivity contribution in [3.05, 3.63) is 41.6 Å². The molecule has 1 aromatic carbocycles. The molecule has 2 aromatic heterocycles. The van der Waals surface area contributed by atoms with Gasteiger partial charge in [0.25, 0.3) is 5.91 Å². The Morgan fingerprint density at radius 2 is 2.06 bits per heavy atom. The zero-order valence-corrected chi connectivity index (χ0v) is 20.6. The number of thiazole rings is 1. The van der Waals surface area contributed by atoms with E-state index in [9.17, 15) is 14.4 Å². The molecular weight excluding hydrogens is 468 g/mol. The van der Waals surface area contributed by atoms with Crippen molar-refractivity contribution in [2.24, 2.45) is 11.7 Å². The van der Waals surface area contributed by atoms with Gasteiger partial charge < -0.3 is 26.0 Å². The van der Waals surface area contributed by atoms with Crippen molar-refractivity contribution in [2.75, 3.05) is 31.3 Å². The Balaban J connectivity index is 1.51. The second kappa shape index (κ2) is 10.3. The fourth-order valence-electron chi connectivity index (χ4n) is 4.32. The molecule has 3 heterocycles. The second-order valence-electron chi connectivity index (χ2n) is 8.67. The average molecular weight is 497 g/mol. The fourth-order valence-corrected chi connectivity index (χ4v) is 5.12. The molecule has 184 valence electrons. The maximum Gasteiger partial charge on any atom is 0.313 e. The smallest absolute Gasteiger partial charge is 0.313 e. The quantitative estimate of drug-likeness (QED) is 0.446. The van der Waals surface area contributed by atoms with Gasteiger partial charge in [0.1, 0.15) is 5.56 Å². The van der Waals surface area contributed by atoms with Crippen molar-refractivity contribution in [3.63, 3.8) is 0 Å². The van der Waals surface area contributed by atoms with Gasteiger partial charge in [-0.3, -0.25) is 14.4 Å². The molecule has 4 rings (SSSR count). The number of pyridine rings is 1. The first-order valence-corrected chi connectivity index (χ1v) is 12.1. The number of benzene rings is 1. The van der Waals surface area contributed by atoms with Crippen LogP contribution in [0.3, 0.4) is 0 Å². The summed E-state index contributed by atoms with van der Waals surface area (Å²) >= 11 is 1.59. The molecule has 0 aliphatic carbocycles. The molecule has 1 unspecified atom stereocenters. The van der Waals surface area contributed by atoms with E-state index in [4.69, 9.17) is 10.5 Å². The second-order valence-corrected chi connectivity index (χ2v) is 9.70. The largest absolute Gasteiger partial charge is 0.480 e. The number of aromatic nitrogens is 2. The zero-order chi connectivity index (χ0) is 25.1. The highest BCUT2D eigenvalue weighted by atomic mass is 32.1. The monoisotopic (exact) mass is 496 g/mol. The summed E-state index contributed by atoms with van der Waals surface area (Å²) in [5.41, 5.74) is 7.54. The van der Waals surface area contributed by atoms with Crippen molar-refractivity contribution in [1.82, 2.24) is 14.9 Å². The Morgan fingerprint density at radius 3 is 2.77 bits per heavy atom. The summed E-state index contributed by atoms with van der Waals surface area (Å²) in [5, 5.41) is 6.46. The Bertz CT molecular complexity index is 1280. The molecule has 2 atom stereocenters. The molecule has 3 aromatic rings. The molecule has 1 aliphatic heterocycles. The van der Waals surface area contributed by atoms with Crippen LogP contribution in [0.5, 0.6) is 5.88 Å². The third kappa shape index (κ3) is 5.35. The van der Waals surface area contributed by atoms with Gasteiger partial charge in [-0.1, -0.05) is 24.3 Å². The topological polar surface area (TPSA) is 140 Å². The summed E-state index contributed by atoms with van der Waals surface area (Å²) in [5.74, 6) is -1.83. The normalized spacial score (nSPS) is 17.7. The highest BCUT2D eigenvalue weighted by Crippen LogP contribution is 2.29. The highest BCUT2D eigenvalue weighted by molar-refractivity contribution is 7.22. The molecule has 0 saturated carbocycles. The number of carbonyl (C=O) groups is 3. The van der Waals surface area contributed by atoms with Crippen LogP contribution in [0.25, 0.3) is 10.2 Å². The Kier molecular flexibility index (Phi) is 7.15. The minimum absolute atomic E-state index is 0.0149. The van der Waals surface area contributed by atoms with Crippen LogP contribution in [-0.2, 0) is 16.0 Å². The van der Waals surface area contributed by atoms with E-state index in [0.29, 0.717) is 13.0 Å². The van der Waals surface area contributed by atoms with Gasteiger partial charge in [0.2, 0.25) is 5.88 Å². The molecular formula is C24H28N6O4S. The number of nitrogens with two attached hydrogens (primary N) is 1. The van der Waals surface area contributed by atoms with Gasteiger partial charge in [-0.05, 0) is 48.9 Å². The van der Waals surface area contributed by atoms with Gasteiger partial charge in [-0.15, -0.1) is 0 Å². The van der Waals surface area contributed by atoms with Crippen LogP contribution in [0.1, 0.15) is 35.7 Å². The van der Waals surface area contributed by atoms with Crippen LogP contribution in [0, 0.1) is 5.92 Å².